The molecule has 6 heteroatoms. The molecule has 1 saturated heterocycles. The largest absolute Gasteiger partial charge is 0.481 e. The van der Waals surface area contributed by atoms with Crippen molar-refractivity contribution in [2.24, 2.45) is 11.8 Å². The van der Waals surface area contributed by atoms with Crippen molar-refractivity contribution in [1.29, 1.82) is 0 Å². The standard InChI is InChI=1S/C23H25ClN2O3/c1-15-14-26(21-7-3-2-6-16(21)12-19(15)23(28)29)22(27)18-9-8-17(13-20(18)24)25-10-4-5-11-25/h2-3,6-9,13,15,19H,4-5,10-12,14H2,1H3,(H,28,29)/t15-,19?/m1/s1. The van der Waals surface area contributed by atoms with E-state index in [-0.39, 0.29) is 11.8 Å². The number of hydrogen-bond acceptors (Lipinski definition) is 3. The SMILES string of the molecule is C[C@@H]1CN(C(=O)c2ccc(N3CCCC3)cc2Cl)c2ccccc2CC1C(=O)O. The number of carboxylic acids is 1. The van der Waals surface area contributed by atoms with E-state index in [2.05, 4.69) is 4.90 Å². The zero-order chi connectivity index (χ0) is 20.5. The fourth-order valence-corrected chi connectivity index (χ4v) is 4.67. The van der Waals surface area contributed by atoms with Crippen LogP contribution in [0.2, 0.25) is 5.02 Å². The first-order valence-corrected chi connectivity index (χ1v) is 10.5. The summed E-state index contributed by atoms with van der Waals surface area (Å²) in [5.41, 5.74) is 3.14. The van der Waals surface area contributed by atoms with Crippen molar-refractivity contribution in [2.45, 2.75) is 26.2 Å². The Morgan fingerprint density at radius 1 is 1.10 bits per heavy atom. The predicted octanol–water partition coefficient (Wildman–Crippen LogP) is 4.48. The van der Waals surface area contributed by atoms with Crippen molar-refractivity contribution in [1.82, 2.24) is 0 Å². The Hall–Kier alpha value is -2.53. The number of fused-ring (bicyclic) bond motifs is 1. The molecule has 1 fully saturated rings. The molecule has 0 bridgehead atoms. The highest BCUT2D eigenvalue weighted by Gasteiger charge is 2.34. The molecule has 152 valence electrons. The maximum atomic E-state index is 13.5. The van der Waals surface area contributed by atoms with Crippen LogP contribution in [0.15, 0.2) is 42.5 Å². The summed E-state index contributed by atoms with van der Waals surface area (Å²) in [7, 11) is 0. The molecule has 2 aliphatic heterocycles. The minimum atomic E-state index is -0.824. The first kappa shape index (κ1) is 19.8. The molecule has 5 nitrogen and oxygen atoms in total. The van der Waals surface area contributed by atoms with Gasteiger partial charge in [-0.25, -0.2) is 0 Å². The Morgan fingerprint density at radius 3 is 2.52 bits per heavy atom. The van der Waals surface area contributed by atoms with Gasteiger partial charge in [-0.15, -0.1) is 0 Å². The van der Waals surface area contributed by atoms with Crippen molar-refractivity contribution in [3.8, 4) is 0 Å². The van der Waals surface area contributed by atoms with Crippen molar-refractivity contribution in [3.05, 3.63) is 58.6 Å². The molecule has 0 saturated carbocycles. The van der Waals surface area contributed by atoms with Gasteiger partial charge in [-0.05, 0) is 55.0 Å². The molecule has 2 heterocycles. The minimum Gasteiger partial charge on any atom is -0.481 e. The van der Waals surface area contributed by atoms with Crippen LogP contribution in [0.3, 0.4) is 0 Å². The van der Waals surface area contributed by atoms with Crippen LogP contribution < -0.4 is 9.80 Å². The molecule has 2 aromatic rings. The quantitative estimate of drug-likeness (QED) is 0.807. The van der Waals surface area contributed by atoms with Gasteiger partial charge in [0.1, 0.15) is 0 Å². The van der Waals surface area contributed by atoms with Gasteiger partial charge in [-0.2, -0.15) is 0 Å². The molecule has 2 atom stereocenters. The van der Waals surface area contributed by atoms with Crippen LogP contribution in [0.4, 0.5) is 11.4 Å². The lowest BCUT2D eigenvalue weighted by atomic mass is 9.89. The first-order valence-electron chi connectivity index (χ1n) is 10.1. The topological polar surface area (TPSA) is 60.9 Å². The molecule has 0 radical (unpaired) electrons. The van der Waals surface area contributed by atoms with E-state index in [0.29, 0.717) is 23.6 Å². The monoisotopic (exact) mass is 412 g/mol. The molecule has 29 heavy (non-hydrogen) atoms. The smallest absolute Gasteiger partial charge is 0.307 e. The van der Waals surface area contributed by atoms with E-state index in [9.17, 15) is 14.7 Å². The Morgan fingerprint density at radius 2 is 1.83 bits per heavy atom. The van der Waals surface area contributed by atoms with E-state index < -0.39 is 11.9 Å². The maximum absolute atomic E-state index is 13.5. The van der Waals surface area contributed by atoms with Gasteiger partial charge in [-0.3, -0.25) is 9.59 Å². The highest BCUT2D eigenvalue weighted by molar-refractivity contribution is 6.34. The second-order valence-electron chi connectivity index (χ2n) is 8.03. The zero-order valence-electron chi connectivity index (χ0n) is 16.5. The lowest BCUT2D eigenvalue weighted by Crippen LogP contribution is -2.37. The number of carboxylic acid groups (broad SMARTS) is 1. The second-order valence-corrected chi connectivity index (χ2v) is 8.44. The third-order valence-corrected chi connectivity index (χ3v) is 6.41. The minimum absolute atomic E-state index is 0.175. The first-order chi connectivity index (χ1) is 14.0. The molecule has 1 unspecified atom stereocenters. The summed E-state index contributed by atoms with van der Waals surface area (Å²) >= 11 is 6.54. The van der Waals surface area contributed by atoms with E-state index in [1.165, 1.54) is 12.8 Å². The summed E-state index contributed by atoms with van der Waals surface area (Å²) in [6.45, 7) is 4.26. The van der Waals surface area contributed by atoms with Crippen LogP contribution in [-0.4, -0.2) is 36.6 Å². The number of carbonyl (C=O) groups excluding carboxylic acids is 1. The predicted molar refractivity (Wildman–Crippen MR) is 115 cm³/mol. The third-order valence-electron chi connectivity index (χ3n) is 6.10. The lowest BCUT2D eigenvalue weighted by molar-refractivity contribution is -0.143. The van der Waals surface area contributed by atoms with Crippen molar-refractivity contribution < 1.29 is 14.7 Å². The third kappa shape index (κ3) is 3.84. The number of aliphatic carboxylic acids is 1. The summed E-state index contributed by atoms with van der Waals surface area (Å²) in [5.74, 6) is -1.71. The van der Waals surface area contributed by atoms with Crippen LogP contribution in [0.25, 0.3) is 0 Å². The molecule has 1 amide bonds. The Bertz CT molecular complexity index is 939. The van der Waals surface area contributed by atoms with Crippen molar-refractivity contribution in [2.75, 3.05) is 29.4 Å². The van der Waals surface area contributed by atoms with Crippen LogP contribution >= 0.6 is 11.6 Å². The van der Waals surface area contributed by atoms with Gasteiger partial charge in [0, 0.05) is 31.0 Å². The van der Waals surface area contributed by atoms with Crippen LogP contribution in [-0.2, 0) is 11.2 Å². The second kappa shape index (κ2) is 8.07. The van der Waals surface area contributed by atoms with E-state index in [0.717, 1.165) is 30.0 Å². The Labute approximate surface area is 175 Å². The van der Waals surface area contributed by atoms with E-state index in [1.54, 1.807) is 11.0 Å². The Balaban J connectivity index is 1.68. The normalized spacial score (nSPS) is 21.6. The highest BCUT2D eigenvalue weighted by Crippen LogP contribution is 2.34. The molecular formula is C23H25ClN2O3. The molecule has 2 aromatic carbocycles. The van der Waals surface area contributed by atoms with Crippen molar-refractivity contribution in [3.63, 3.8) is 0 Å². The number of halogens is 1. The fourth-order valence-electron chi connectivity index (χ4n) is 4.42. The van der Waals surface area contributed by atoms with Gasteiger partial charge < -0.3 is 14.9 Å². The van der Waals surface area contributed by atoms with E-state index in [1.807, 2.05) is 43.3 Å². The fraction of sp³-hybridized carbons (Fsp3) is 0.391. The Kier molecular flexibility index (Phi) is 5.50. The molecule has 1 N–H and O–H groups in total. The highest BCUT2D eigenvalue weighted by atomic mass is 35.5. The molecular weight excluding hydrogens is 388 g/mol. The average molecular weight is 413 g/mol. The molecule has 0 aliphatic carbocycles. The maximum Gasteiger partial charge on any atom is 0.307 e. The molecule has 0 aromatic heterocycles. The number of para-hydroxylation sites is 1. The number of anilines is 2. The number of hydrogen-bond donors (Lipinski definition) is 1. The summed E-state index contributed by atoms with van der Waals surface area (Å²) in [6.07, 6.45) is 2.76. The number of nitrogens with zero attached hydrogens (tertiary/aromatic N) is 2. The van der Waals surface area contributed by atoms with Gasteiger partial charge in [0.2, 0.25) is 0 Å². The van der Waals surface area contributed by atoms with Crippen LogP contribution in [0.5, 0.6) is 0 Å². The number of amides is 1. The number of rotatable bonds is 3. The van der Waals surface area contributed by atoms with Gasteiger partial charge in [0.15, 0.2) is 0 Å². The summed E-state index contributed by atoms with van der Waals surface area (Å²) in [5, 5.41) is 10.1. The van der Waals surface area contributed by atoms with Gasteiger partial charge in [-0.1, -0.05) is 36.7 Å². The number of benzene rings is 2. The molecule has 4 rings (SSSR count). The summed E-state index contributed by atoms with van der Waals surface area (Å²) in [6, 6.07) is 13.2. The average Bonchev–Trinajstić information content (AvgIpc) is 3.19. The van der Waals surface area contributed by atoms with Crippen molar-refractivity contribution >= 4 is 34.9 Å². The molecule has 0 spiro atoms. The molecule has 2 aliphatic rings. The summed E-state index contributed by atoms with van der Waals surface area (Å²) < 4.78 is 0. The lowest BCUT2D eigenvalue weighted by Gasteiger charge is -2.26. The zero-order valence-corrected chi connectivity index (χ0v) is 17.2. The van der Waals surface area contributed by atoms with Gasteiger partial charge >= 0.3 is 5.97 Å². The van der Waals surface area contributed by atoms with Crippen LogP contribution in [0, 0.1) is 11.8 Å². The van der Waals surface area contributed by atoms with Gasteiger partial charge in [0.25, 0.3) is 5.91 Å². The van der Waals surface area contributed by atoms with E-state index in [4.69, 9.17) is 11.6 Å². The van der Waals surface area contributed by atoms with E-state index >= 15 is 0 Å². The summed E-state index contributed by atoms with van der Waals surface area (Å²) in [4.78, 5) is 29.2. The number of carbonyl (C=O) groups is 2. The van der Waals surface area contributed by atoms with Gasteiger partial charge in [0.05, 0.1) is 16.5 Å². The van der Waals surface area contributed by atoms with Crippen LogP contribution in [0.1, 0.15) is 35.7 Å².